The first-order valence-corrected chi connectivity index (χ1v) is 13.7. The summed E-state index contributed by atoms with van der Waals surface area (Å²) in [5, 5.41) is -2.65. The number of hydrogen-bond acceptors (Lipinski definition) is 12. The average molecular weight is 599 g/mol. The molecule has 0 unspecified atom stereocenters. The van der Waals surface area contributed by atoms with Crippen LogP contribution in [0.25, 0.3) is 32.3 Å². The molecule has 34 heavy (non-hydrogen) atoms. The van der Waals surface area contributed by atoms with Gasteiger partial charge >= 0.3 is 75.5 Å². The Morgan fingerprint density at radius 2 is 1.00 bits per heavy atom. The second-order valence-electron chi connectivity index (χ2n) is 6.62. The van der Waals surface area contributed by atoms with Crippen LogP contribution in [0.15, 0.2) is 56.0 Å². The van der Waals surface area contributed by atoms with Gasteiger partial charge < -0.3 is 18.2 Å². The molecule has 0 saturated heterocycles. The monoisotopic (exact) mass is 598 g/mol. The number of benzene rings is 4. The zero-order valence-electron chi connectivity index (χ0n) is 16.4. The van der Waals surface area contributed by atoms with Crippen LogP contribution in [0.4, 0.5) is 0 Å². The molecule has 0 heterocycles. The van der Waals surface area contributed by atoms with Gasteiger partial charge in [0.25, 0.3) is 0 Å². The summed E-state index contributed by atoms with van der Waals surface area (Å²) in [5.41, 5.74) is 0. The van der Waals surface area contributed by atoms with Crippen molar-refractivity contribution in [3.05, 3.63) is 36.4 Å². The van der Waals surface area contributed by atoms with Crippen LogP contribution in [-0.4, -0.2) is 127 Å². The number of hydrogen-bond donors (Lipinski definition) is 0. The minimum absolute atomic E-state index is 0. The van der Waals surface area contributed by atoms with Crippen LogP contribution in [0.1, 0.15) is 0 Å². The van der Waals surface area contributed by atoms with Crippen molar-refractivity contribution in [3.63, 3.8) is 0 Å². The zero-order chi connectivity index (χ0) is 24.0. The molecule has 0 aliphatic heterocycles. The molecule has 0 N–H and O–H groups in total. The third kappa shape index (κ3) is 4.96. The second-order valence-corrected chi connectivity index (χ2v) is 11.9. The van der Waals surface area contributed by atoms with E-state index in [1.54, 1.807) is 0 Å². The van der Waals surface area contributed by atoms with Crippen molar-refractivity contribution in [2.24, 2.45) is 0 Å². The maximum atomic E-state index is 12.1. The fourth-order valence-corrected chi connectivity index (χ4v) is 8.09. The van der Waals surface area contributed by atoms with Gasteiger partial charge in [-0.1, -0.05) is 30.3 Å². The molecule has 0 radical (unpaired) electrons. The Morgan fingerprint density at radius 1 is 0.500 bits per heavy atom. The molecule has 0 bridgehead atoms. The molecule has 0 aliphatic rings. The fraction of sp³-hybridized carbons (Fsp3) is 0. The molecule has 0 aromatic heterocycles. The summed E-state index contributed by atoms with van der Waals surface area (Å²) < 4.78 is 144. The summed E-state index contributed by atoms with van der Waals surface area (Å²) in [7, 11) is -23.9. The largest absolute Gasteiger partial charge is 2.00 e. The molecule has 0 amide bonds. The van der Waals surface area contributed by atoms with Crippen LogP contribution in [0.2, 0.25) is 0 Å². The minimum atomic E-state index is -6.19. The number of rotatable bonds is 4. The van der Waals surface area contributed by atoms with Crippen molar-refractivity contribution < 1.29 is 51.9 Å². The van der Waals surface area contributed by atoms with Crippen molar-refractivity contribution in [3.8, 4) is 0 Å². The van der Waals surface area contributed by atoms with Crippen LogP contribution in [-0.2, 0) is 40.5 Å². The van der Waals surface area contributed by atoms with Gasteiger partial charge in [0.05, 0.1) is 19.6 Å². The average Bonchev–Trinajstić information content (AvgIpc) is 2.61. The van der Waals surface area contributed by atoms with E-state index in [1.807, 2.05) is 0 Å². The Labute approximate surface area is 252 Å². The van der Waals surface area contributed by atoms with Gasteiger partial charge in [0.1, 0.15) is 40.5 Å². The zero-order valence-corrected chi connectivity index (χ0v) is 24.1. The minimum Gasteiger partial charge on any atom is -0.744 e. The summed E-state index contributed by atoms with van der Waals surface area (Å²) in [6, 6.07) is 6.79. The molecule has 4 aromatic carbocycles. The van der Waals surface area contributed by atoms with Crippen LogP contribution in [0.3, 0.4) is 0 Å². The van der Waals surface area contributed by atoms with E-state index in [0.717, 1.165) is 6.07 Å². The van der Waals surface area contributed by atoms with Gasteiger partial charge in [0, 0.05) is 16.2 Å². The van der Waals surface area contributed by atoms with Crippen LogP contribution < -0.4 is 0 Å². The van der Waals surface area contributed by atoms with Gasteiger partial charge in [0.2, 0.25) is 0 Å². The molecule has 12 nitrogen and oxygen atoms in total. The van der Waals surface area contributed by atoms with E-state index < -0.39 is 76.2 Å². The van der Waals surface area contributed by atoms with Gasteiger partial charge in [-0.3, -0.25) is 0 Å². The maximum absolute atomic E-state index is 12.1. The summed E-state index contributed by atoms with van der Waals surface area (Å²) in [5.74, 6) is 0. The quantitative estimate of drug-likeness (QED) is 0.163. The Balaban J connectivity index is 0.00000204. The summed E-state index contributed by atoms with van der Waals surface area (Å²) >= 11 is 0. The Hall–Kier alpha value is 0.0795. The maximum Gasteiger partial charge on any atom is 2.00 e. The smallest absolute Gasteiger partial charge is 0.744 e. The van der Waals surface area contributed by atoms with E-state index in [9.17, 15) is 51.9 Å². The van der Waals surface area contributed by atoms with E-state index in [-0.39, 0.29) is 91.6 Å². The topological polar surface area (TPSA) is 229 Å². The molecular formula is C16H6Ca2O12S4. The molecule has 0 atom stereocenters. The van der Waals surface area contributed by atoms with E-state index in [1.165, 1.54) is 24.3 Å². The standard InChI is InChI=1S/C16H10O12S4.2Ca/c17-29(18,19)10-6-8-3-1-2-7-4-5-9-12(11(7)8)13(10)15(31(23,24)25)16(32(26,27)28)14(9)30(20,21)22;;/h1-6H,(H,17,18,19)(H,20,21,22)(H,23,24,25)(H,26,27,28);;/q;2*+2/p-4. The normalized spacial score (nSPS) is 13.2. The third-order valence-electron chi connectivity index (χ3n) is 4.76. The molecule has 18 heteroatoms. The van der Waals surface area contributed by atoms with Gasteiger partial charge in [-0.15, -0.1) is 0 Å². The first-order chi connectivity index (χ1) is 14.4. The SMILES string of the molecule is O=S(=O)([O-])c1c(S(=O)(=O)[O-])c2ccc3cccc4cc(S(=O)(=O)[O-])c(c1S(=O)(=O)[O-])c2c34.[Ca+2].[Ca+2]. The molecule has 4 rings (SSSR count). The molecule has 4 aromatic rings. The molecule has 0 saturated carbocycles. The van der Waals surface area contributed by atoms with Crippen molar-refractivity contribution in [2.75, 3.05) is 0 Å². The van der Waals surface area contributed by atoms with Crippen LogP contribution >= 0.6 is 0 Å². The molecule has 170 valence electrons. The summed E-state index contributed by atoms with van der Waals surface area (Å²) in [4.78, 5) is -7.55. The van der Waals surface area contributed by atoms with E-state index in [4.69, 9.17) is 0 Å². The molecule has 0 aliphatic carbocycles. The van der Waals surface area contributed by atoms with Crippen molar-refractivity contribution >= 4 is 148 Å². The van der Waals surface area contributed by atoms with Gasteiger partial charge in [-0.2, -0.15) is 0 Å². The van der Waals surface area contributed by atoms with Gasteiger partial charge in [-0.05, 0) is 22.2 Å². The summed E-state index contributed by atoms with van der Waals surface area (Å²) in [6.45, 7) is 0. The Bertz CT molecular complexity index is 1910. The molecular weight excluding hydrogens is 593 g/mol. The summed E-state index contributed by atoms with van der Waals surface area (Å²) in [6.07, 6.45) is 0. The molecule has 0 spiro atoms. The van der Waals surface area contributed by atoms with Crippen LogP contribution in [0.5, 0.6) is 0 Å². The first-order valence-electron chi connectivity index (χ1n) is 8.05. The fourth-order valence-electron chi connectivity index (χ4n) is 3.79. The van der Waals surface area contributed by atoms with Crippen LogP contribution in [0, 0.1) is 0 Å². The van der Waals surface area contributed by atoms with Crippen molar-refractivity contribution in [2.45, 2.75) is 19.6 Å². The van der Waals surface area contributed by atoms with E-state index in [0.29, 0.717) is 6.07 Å². The van der Waals surface area contributed by atoms with Gasteiger partial charge in [0.15, 0.2) is 0 Å². The Morgan fingerprint density at radius 3 is 1.47 bits per heavy atom. The molecule has 0 fully saturated rings. The Kier molecular flexibility index (Phi) is 8.41. The van der Waals surface area contributed by atoms with E-state index in [2.05, 4.69) is 0 Å². The second kappa shape index (κ2) is 9.43. The van der Waals surface area contributed by atoms with Crippen molar-refractivity contribution in [1.29, 1.82) is 0 Å². The predicted molar refractivity (Wildman–Crippen MR) is 114 cm³/mol. The predicted octanol–water partition coefficient (Wildman–Crippen LogP) is -0.561. The first kappa shape index (κ1) is 30.3. The van der Waals surface area contributed by atoms with E-state index >= 15 is 0 Å². The third-order valence-corrected chi connectivity index (χ3v) is 8.62. The van der Waals surface area contributed by atoms with Gasteiger partial charge in [-0.25, -0.2) is 33.7 Å². The van der Waals surface area contributed by atoms with Crippen molar-refractivity contribution in [1.82, 2.24) is 0 Å².